The van der Waals surface area contributed by atoms with Crippen LogP contribution in [0.25, 0.3) is 11.3 Å². The van der Waals surface area contributed by atoms with Crippen molar-refractivity contribution < 1.29 is 18.5 Å². The van der Waals surface area contributed by atoms with Crippen LogP contribution in [-0.4, -0.2) is 35.0 Å². The first kappa shape index (κ1) is 14.2. The minimum absolute atomic E-state index is 0.0549. The molecule has 22 heavy (non-hydrogen) atoms. The summed E-state index contributed by atoms with van der Waals surface area (Å²) in [7, 11) is 1.60. The van der Waals surface area contributed by atoms with E-state index in [9.17, 15) is 14.0 Å². The number of nitrogens with zero attached hydrogens (tertiary/aromatic N) is 2. The Morgan fingerprint density at radius 2 is 2.27 bits per heavy atom. The van der Waals surface area contributed by atoms with Crippen molar-refractivity contribution in [3.8, 4) is 11.3 Å². The summed E-state index contributed by atoms with van der Waals surface area (Å²) in [6.07, 6.45) is 0.845. The lowest BCUT2D eigenvalue weighted by atomic mass is 10.1. The van der Waals surface area contributed by atoms with Crippen molar-refractivity contribution in [3.05, 3.63) is 36.1 Å². The molecule has 0 aliphatic carbocycles. The minimum atomic E-state index is -0.498. The molecule has 1 aliphatic heterocycles. The zero-order valence-corrected chi connectivity index (χ0v) is 11.9. The fraction of sp³-hybridized carbons (Fsp3) is 0.267. The molecular weight excluding hydrogens is 289 g/mol. The van der Waals surface area contributed by atoms with E-state index >= 15 is 0 Å². The molecule has 2 amide bonds. The second kappa shape index (κ2) is 5.59. The van der Waals surface area contributed by atoms with E-state index in [0.717, 1.165) is 0 Å². The smallest absolute Gasteiger partial charge is 0.248 e. The fourth-order valence-electron chi connectivity index (χ4n) is 2.43. The largest absolute Gasteiger partial charge is 0.354 e. The molecule has 114 valence electrons. The molecule has 1 aliphatic rings. The molecule has 1 aromatic heterocycles. The van der Waals surface area contributed by atoms with Crippen LogP contribution in [0.4, 0.5) is 10.2 Å². The van der Waals surface area contributed by atoms with Gasteiger partial charge in [0.05, 0.1) is 0 Å². The molecule has 6 nitrogen and oxygen atoms in total. The van der Waals surface area contributed by atoms with Gasteiger partial charge in [0.1, 0.15) is 11.9 Å². The summed E-state index contributed by atoms with van der Waals surface area (Å²) in [5.41, 5.74) is 0.529. The number of anilines is 1. The summed E-state index contributed by atoms with van der Waals surface area (Å²) in [4.78, 5) is 25.0. The third-order valence-electron chi connectivity index (χ3n) is 3.67. The molecule has 1 atom stereocenters. The highest BCUT2D eigenvalue weighted by Gasteiger charge is 2.33. The zero-order chi connectivity index (χ0) is 15.7. The van der Waals surface area contributed by atoms with E-state index in [4.69, 9.17) is 4.52 Å². The molecule has 1 aromatic carbocycles. The third-order valence-corrected chi connectivity index (χ3v) is 3.67. The van der Waals surface area contributed by atoms with E-state index in [1.807, 2.05) is 0 Å². The topological polar surface area (TPSA) is 75.4 Å². The van der Waals surface area contributed by atoms with Crippen molar-refractivity contribution in [3.63, 3.8) is 0 Å². The lowest BCUT2D eigenvalue weighted by Crippen LogP contribution is -2.38. The van der Waals surface area contributed by atoms with Crippen molar-refractivity contribution >= 4 is 17.6 Å². The average Bonchev–Trinajstić information content (AvgIpc) is 3.07. The summed E-state index contributed by atoms with van der Waals surface area (Å²) >= 11 is 0. The normalized spacial score (nSPS) is 17.8. The van der Waals surface area contributed by atoms with Crippen LogP contribution in [0.1, 0.15) is 12.8 Å². The third kappa shape index (κ3) is 2.69. The molecule has 0 saturated carbocycles. The van der Waals surface area contributed by atoms with Crippen LogP contribution >= 0.6 is 0 Å². The summed E-state index contributed by atoms with van der Waals surface area (Å²) in [5, 5.41) is 6.35. The van der Waals surface area contributed by atoms with Gasteiger partial charge in [-0.1, -0.05) is 17.3 Å². The first-order valence-corrected chi connectivity index (χ1v) is 6.84. The van der Waals surface area contributed by atoms with Gasteiger partial charge in [0.25, 0.3) is 0 Å². The SMILES string of the molecule is CN1C(=O)CCC1C(=O)Nc1cc(-c2cccc(F)c2)on1. The van der Waals surface area contributed by atoms with Gasteiger partial charge >= 0.3 is 0 Å². The maximum atomic E-state index is 13.2. The Bertz CT molecular complexity index is 728. The number of halogens is 1. The van der Waals surface area contributed by atoms with Crippen molar-refractivity contribution in [1.82, 2.24) is 10.1 Å². The Morgan fingerprint density at radius 1 is 1.45 bits per heavy atom. The fourth-order valence-corrected chi connectivity index (χ4v) is 2.43. The number of likely N-dealkylation sites (N-methyl/N-ethyl adjacent to an activating group) is 1. The Hall–Kier alpha value is -2.70. The van der Waals surface area contributed by atoms with Gasteiger partial charge in [-0.05, 0) is 18.6 Å². The lowest BCUT2D eigenvalue weighted by Gasteiger charge is -2.17. The van der Waals surface area contributed by atoms with Crippen molar-refractivity contribution in [2.24, 2.45) is 0 Å². The highest BCUT2D eigenvalue weighted by molar-refractivity contribution is 5.98. The summed E-state index contributed by atoms with van der Waals surface area (Å²) in [5.74, 6) is -0.165. The van der Waals surface area contributed by atoms with E-state index in [1.165, 1.54) is 23.1 Å². The first-order valence-electron chi connectivity index (χ1n) is 6.84. The van der Waals surface area contributed by atoms with Gasteiger partial charge in [-0.3, -0.25) is 9.59 Å². The Kier molecular flexibility index (Phi) is 3.62. The molecule has 1 fully saturated rings. The molecule has 2 aromatic rings. The number of carbonyl (C=O) groups excluding carboxylic acids is 2. The molecular formula is C15H14FN3O3. The van der Waals surface area contributed by atoms with Crippen molar-refractivity contribution in [2.45, 2.75) is 18.9 Å². The molecule has 0 spiro atoms. The van der Waals surface area contributed by atoms with E-state index in [0.29, 0.717) is 24.2 Å². The number of aromatic nitrogens is 1. The standard InChI is InChI=1S/C15H14FN3O3/c1-19-11(5-6-14(19)20)15(21)17-13-8-12(22-18-13)9-3-2-4-10(16)7-9/h2-4,7-8,11H,5-6H2,1H3,(H,17,18,21). The minimum Gasteiger partial charge on any atom is -0.354 e. The highest BCUT2D eigenvalue weighted by atomic mass is 19.1. The predicted molar refractivity (Wildman–Crippen MR) is 76.3 cm³/mol. The van der Waals surface area contributed by atoms with E-state index in [2.05, 4.69) is 10.5 Å². The van der Waals surface area contributed by atoms with Gasteiger partial charge in [0.15, 0.2) is 11.6 Å². The van der Waals surface area contributed by atoms with E-state index < -0.39 is 6.04 Å². The van der Waals surface area contributed by atoms with Crippen LogP contribution in [0, 0.1) is 5.82 Å². The number of amides is 2. The van der Waals surface area contributed by atoms with E-state index in [-0.39, 0.29) is 23.4 Å². The molecule has 0 bridgehead atoms. The van der Waals surface area contributed by atoms with Crippen LogP contribution < -0.4 is 5.32 Å². The van der Waals surface area contributed by atoms with E-state index in [1.54, 1.807) is 19.2 Å². The number of carbonyl (C=O) groups is 2. The molecule has 1 N–H and O–H groups in total. The molecule has 3 rings (SSSR count). The van der Waals surface area contributed by atoms with Crippen LogP contribution in [-0.2, 0) is 9.59 Å². The van der Waals surface area contributed by atoms with Crippen molar-refractivity contribution in [1.29, 1.82) is 0 Å². The first-order chi connectivity index (χ1) is 10.5. The van der Waals surface area contributed by atoms with Crippen LogP contribution in [0.3, 0.4) is 0 Å². The summed E-state index contributed by atoms with van der Waals surface area (Å²) in [6, 6.07) is 6.90. The second-order valence-electron chi connectivity index (χ2n) is 5.14. The van der Waals surface area contributed by atoms with Gasteiger partial charge in [-0.2, -0.15) is 0 Å². The Labute approximate surface area is 125 Å². The molecule has 2 heterocycles. The zero-order valence-electron chi connectivity index (χ0n) is 11.9. The van der Waals surface area contributed by atoms with Crippen LogP contribution in [0.15, 0.2) is 34.9 Å². The lowest BCUT2D eigenvalue weighted by molar-refractivity contribution is -0.131. The molecule has 1 saturated heterocycles. The maximum Gasteiger partial charge on any atom is 0.248 e. The molecule has 7 heteroatoms. The number of nitrogens with one attached hydrogen (secondary N) is 1. The molecule has 1 unspecified atom stereocenters. The maximum absolute atomic E-state index is 13.2. The highest BCUT2D eigenvalue weighted by Crippen LogP contribution is 2.24. The number of benzene rings is 1. The Morgan fingerprint density at radius 3 is 2.95 bits per heavy atom. The summed E-state index contributed by atoms with van der Waals surface area (Å²) < 4.78 is 18.3. The number of hydrogen-bond donors (Lipinski definition) is 1. The average molecular weight is 303 g/mol. The van der Waals surface area contributed by atoms with Crippen LogP contribution in [0.2, 0.25) is 0 Å². The van der Waals surface area contributed by atoms with Gasteiger partial charge in [-0.15, -0.1) is 0 Å². The second-order valence-corrected chi connectivity index (χ2v) is 5.14. The quantitative estimate of drug-likeness (QED) is 0.941. The number of rotatable bonds is 3. The predicted octanol–water partition coefficient (Wildman–Crippen LogP) is 2.04. The molecule has 0 radical (unpaired) electrons. The van der Waals surface area contributed by atoms with Gasteiger partial charge in [0, 0.05) is 25.1 Å². The van der Waals surface area contributed by atoms with Gasteiger partial charge < -0.3 is 14.7 Å². The summed E-state index contributed by atoms with van der Waals surface area (Å²) in [6.45, 7) is 0. The number of likely N-dealkylation sites (tertiary alicyclic amines) is 1. The Balaban J connectivity index is 1.72. The monoisotopic (exact) mass is 303 g/mol. The number of hydrogen-bond acceptors (Lipinski definition) is 4. The van der Waals surface area contributed by atoms with Crippen LogP contribution in [0.5, 0.6) is 0 Å². The van der Waals surface area contributed by atoms with Crippen molar-refractivity contribution in [2.75, 3.05) is 12.4 Å². The van der Waals surface area contributed by atoms with Gasteiger partial charge in [0.2, 0.25) is 11.8 Å². The van der Waals surface area contributed by atoms with Gasteiger partial charge in [-0.25, -0.2) is 4.39 Å².